The molecule has 1 aromatic carbocycles. The summed E-state index contributed by atoms with van der Waals surface area (Å²) in [5, 5.41) is 10.3. The Morgan fingerprint density at radius 2 is 2.05 bits per heavy atom. The number of nitrogens with one attached hydrogen (secondary N) is 1. The van der Waals surface area contributed by atoms with Crippen LogP contribution in [0.1, 0.15) is 10.4 Å². The van der Waals surface area contributed by atoms with E-state index in [0.717, 1.165) is 11.3 Å². The molecule has 0 saturated heterocycles. The number of halogens is 1. The van der Waals surface area contributed by atoms with Crippen LogP contribution in [0.3, 0.4) is 0 Å². The first-order valence-corrected chi connectivity index (χ1v) is 7.80. The van der Waals surface area contributed by atoms with E-state index in [2.05, 4.69) is 4.72 Å². The molecule has 0 aliphatic rings. The van der Waals surface area contributed by atoms with Crippen LogP contribution >= 0.6 is 11.3 Å². The summed E-state index contributed by atoms with van der Waals surface area (Å²) in [6, 6.07) is 7.37. The summed E-state index contributed by atoms with van der Waals surface area (Å²) < 4.78 is 39.6. The van der Waals surface area contributed by atoms with Gasteiger partial charge >= 0.3 is 0 Å². The number of hydrogen-bond donors (Lipinski definition) is 2. The summed E-state index contributed by atoms with van der Waals surface area (Å²) in [5.41, 5.74) is 0.281. The Hall–Kier alpha value is -1.28. The molecule has 19 heavy (non-hydrogen) atoms. The molecule has 2 aromatic rings. The maximum Gasteiger partial charge on any atom is 0.241 e. The van der Waals surface area contributed by atoms with Crippen molar-refractivity contribution in [3.63, 3.8) is 0 Å². The van der Waals surface area contributed by atoms with Crippen molar-refractivity contribution in [1.29, 1.82) is 0 Å². The van der Waals surface area contributed by atoms with E-state index >= 15 is 0 Å². The third kappa shape index (κ3) is 3.38. The SMILES string of the molecule is O=S(=O)(NCc1ccccc1F)c1csc(CO)c1. The highest BCUT2D eigenvalue weighted by Gasteiger charge is 2.16. The van der Waals surface area contributed by atoms with Gasteiger partial charge in [-0.1, -0.05) is 18.2 Å². The Labute approximate surface area is 114 Å². The molecular formula is C12H12FNO3S2. The molecule has 0 radical (unpaired) electrons. The molecular weight excluding hydrogens is 289 g/mol. The summed E-state index contributed by atoms with van der Waals surface area (Å²) in [5.74, 6) is -0.452. The van der Waals surface area contributed by atoms with Gasteiger partial charge in [0.15, 0.2) is 0 Å². The van der Waals surface area contributed by atoms with Crippen molar-refractivity contribution in [3.05, 3.63) is 52.0 Å². The first kappa shape index (κ1) is 14.1. The second-order valence-electron chi connectivity index (χ2n) is 3.82. The summed E-state index contributed by atoms with van der Waals surface area (Å²) >= 11 is 1.16. The number of aliphatic hydroxyl groups excluding tert-OH is 1. The third-order valence-corrected chi connectivity index (χ3v) is 4.96. The van der Waals surface area contributed by atoms with Crippen LogP contribution in [0.25, 0.3) is 0 Å². The Bertz CT molecular complexity index is 667. The quantitative estimate of drug-likeness (QED) is 0.886. The van der Waals surface area contributed by atoms with Crippen molar-refractivity contribution in [2.45, 2.75) is 18.0 Å². The fourth-order valence-electron chi connectivity index (χ4n) is 1.48. The average molecular weight is 301 g/mol. The first-order valence-electron chi connectivity index (χ1n) is 5.44. The molecule has 102 valence electrons. The van der Waals surface area contributed by atoms with Crippen LogP contribution in [-0.2, 0) is 23.2 Å². The second kappa shape index (κ2) is 5.79. The van der Waals surface area contributed by atoms with E-state index in [4.69, 9.17) is 5.11 Å². The van der Waals surface area contributed by atoms with Gasteiger partial charge < -0.3 is 5.11 Å². The minimum atomic E-state index is -3.68. The lowest BCUT2D eigenvalue weighted by molar-refractivity contribution is 0.285. The van der Waals surface area contributed by atoms with Gasteiger partial charge in [0.25, 0.3) is 0 Å². The highest BCUT2D eigenvalue weighted by atomic mass is 32.2. The van der Waals surface area contributed by atoms with E-state index in [1.54, 1.807) is 12.1 Å². The molecule has 0 saturated carbocycles. The number of hydrogen-bond acceptors (Lipinski definition) is 4. The van der Waals surface area contributed by atoms with Crippen molar-refractivity contribution < 1.29 is 17.9 Å². The fourth-order valence-corrected chi connectivity index (χ4v) is 3.62. The van der Waals surface area contributed by atoms with Crippen molar-refractivity contribution in [1.82, 2.24) is 4.72 Å². The maximum absolute atomic E-state index is 13.4. The molecule has 2 N–H and O–H groups in total. The highest BCUT2D eigenvalue weighted by Crippen LogP contribution is 2.19. The summed E-state index contributed by atoms with van der Waals surface area (Å²) in [7, 11) is -3.68. The van der Waals surface area contributed by atoms with Crippen LogP contribution in [0.2, 0.25) is 0 Å². The lowest BCUT2D eigenvalue weighted by Crippen LogP contribution is -2.23. The lowest BCUT2D eigenvalue weighted by atomic mass is 10.2. The maximum atomic E-state index is 13.4. The smallest absolute Gasteiger partial charge is 0.241 e. The number of sulfonamides is 1. The van der Waals surface area contributed by atoms with Gasteiger partial charge in [-0.25, -0.2) is 17.5 Å². The van der Waals surface area contributed by atoms with Crippen molar-refractivity contribution in [2.75, 3.05) is 0 Å². The van der Waals surface area contributed by atoms with E-state index in [1.165, 1.54) is 23.6 Å². The number of thiophene rings is 1. The fraction of sp³-hybridized carbons (Fsp3) is 0.167. The van der Waals surface area contributed by atoms with Gasteiger partial charge in [0.05, 0.1) is 11.5 Å². The van der Waals surface area contributed by atoms with Crippen LogP contribution in [0.5, 0.6) is 0 Å². The molecule has 0 aliphatic heterocycles. The van der Waals surface area contributed by atoms with Crippen LogP contribution in [0.15, 0.2) is 40.6 Å². The molecule has 0 fully saturated rings. The molecule has 0 spiro atoms. The number of rotatable bonds is 5. The third-order valence-electron chi connectivity index (χ3n) is 2.51. The van der Waals surface area contributed by atoms with Crippen molar-refractivity contribution in [3.8, 4) is 0 Å². The summed E-state index contributed by atoms with van der Waals surface area (Å²) in [4.78, 5) is 0.643. The lowest BCUT2D eigenvalue weighted by Gasteiger charge is -2.05. The predicted octanol–water partition coefficient (Wildman–Crippen LogP) is 1.86. The Morgan fingerprint density at radius 3 is 2.68 bits per heavy atom. The Balaban J connectivity index is 2.12. The summed E-state index contributed by atoms with van der Waals surface area (Å²) in [6.07, 6.45) is 0. The minimum Gasteiger partial charge on any atom is -0.391 e. The molecule has 2 rings (SSSR count). The standard InChI is InChI=1S/C12H12FNO3S2/c13-12-4-2-1-3-9(12)6-14-19(16,17)11-5-10(7-15)18-8-11/h1-5,8,14-15H,6-7H2. The zero-order valence-electron chi connectivity index (χ0n) is 9.84. The van der Waals surface area contributed by atoms with E-state index in [9.17, 15) is 12.8 Å². The van der Waals surface area contributed by atoms with Crippen LogP contribution < -0.4 is 4.72 Å². The van der Waals surface area contributed by atoms with Crippen molar-refractivity contribution >= 4 is 21.4 Å². The van der Waals surface area contributed by atoms with Gasteiger partial charge in [-0.15, -0.1) is 11.3 Å². The van der Waals surface area contributed by atoms with Gasteiger partial charge in [0, 0.05) is 22.4 Å². The van der Waals surface area contributed by atoms with E-state index in [-0.39, 0.29) is 23.6 Å². The van der Waals surface area contributed by atoms with Gasteiger partial charge in [0.1, 0.15) is 5.82 Å². The van der Waals surface area contributed by atoms with Crippen LogP contribution in [0, 0.1) is 5.82 Å². The van der Waals surface area contributed by atoms with E-state index < -0.39 is 15.8 Å². The van der Waals surface area contributed by atoms with Gasteiger partial charge in [0.2, 0.25) is 10.0 Å². The Kier molecular flexibility index (Phi) is 4.31. The molecule has 7 heteroatoms. The zero-order chi connectivity index (χ0) is 13.9. The van der Waals surface area contributed by atoms with E-state index in [0.29, 0.717) is 4.88 Å². The number of benzene rings is 1. The highest BCUT2D eigenvalue weighted by molar-refractivity contribution is 7.89. The minimum absolute atomic E-state index is 0.0814. The topological polar surface area (TPSA) is 66.4 Å². The first-order chi connectivity index (χ1) is 9.03. The molecule has 0 unspecified atom stereocenters. The number of aliphatic hydroxyl groups is 1. The van der Waals surface area contributed by atoms with Gasteiger partial charge in [-0.3, -0.25) is 0 Å². The normalized spacial score (nSPS) is 11.7. The summed E-state index contributed by atoms with van der Waals surface area (Å²) in [6.45, 7) is -0.313. The predicted molar refractivity (Wildman–Crippen MR) is 70.7 cm³/mol. The molecule has 0 amide bonds. The molecule has 1 heterocycles. The van der Waals surface area contributed by atoms with Gasteiger partial charge in [-0.05, 0) is 12.1 Å². The largest absolute Gasteiger partial charge is 0.391 e. The van der Waals surface area contributed by atoms with Crippen molar-refractivity contribution in [2.24, 2.45) is 0 Å². The van der Waals surface area contributed by atoms with Crippen LogP contribution in [0.4, 0.5) is 4.39 Å². The average Bonchev–Trinajstić information content (AvgIpc) is 2.87. The molecule has 0 aliphatic carbocycles. The molecule has 0 atom stereocenters. The molecule has 1 aromatic heterocycles. The van der Waals surface area contributed by atoms with E-state index in [1.807, 2.05) is 0 Å². The monoisotopic (exact) mass is 301 g/mol. The van der Waals surface area contributed by atoms with Crippen LogP contribution in [-0.4, -0.2) is 13.5 Å². The Morgan fingerprint density at radius 1 is 1.32 bits per heavy atom. The molecule has 4 nitrogen and oxygen atoms in total. The van der Waals surface area contributed by atoms with Gasteiger partial charge in [-0.2, -0.15) is 0 Å². The second-order valence-corrected chi connectivity index (χ2v) is 6.59. The molecule has 0 bridgehead atoms. The zero-order valence-corrected chi connectivity index (χ0v) is 11.5.